The first-order chi connectivity index (χ1) is 14.0. The second-order valence-corrected chi connectivity index (χ2v) is 8.54. The summed E-state index contributed by atoms with van der Waals surface area (Å²) in [5.41, 5.74) is 3.86. The number of nitrogens with one attached hydrogen (secondary N) is 1. The lowest BCUT2D eigenvalue weighted by Gasteiger charge is -2.08. The number of aromatic nitrogens is 2. The quantitative estimate of drug-likeness (QED) is 0.507. The molecule has 0 spiro atoms. The zero-order valence-electron chi connectivity index (χ0n) is 16.0. The van der Waals surface area contributed by atoms with Crippen molar-refractivity contribution in [1.82, 2.24) is 9.78 Å². The third-order valence-corrected chi connectivity index (χ3v) is 5.95. The standard InChI is InChI=1S/C23H21N3O2S/c1-18-12-14-20(15-13-18)22-17-26(16-19-8-4-2-5-9-19)24-23(22)25-29(27,28)21-10-6-3-7-11-21/h2-15,17H,16H2,1H3,(H,24,25). The largest absolute Gasteiger partial charge is 0.266 e. The summed E-state index contributed by atoms with van der Waals surface area (Å²) in [4.78, 5) is 0.201. The van der Waals surface area contributed by atoms with Crippen LogP contribution in [-0.4, -0.2) is 18.2 Å². The highest BCUT2D eigenvalue weighted by Crippen LogP contribution is 2.29. The van der Waals surface area contributed by atoms with Gasteiger partial charge in [0.15, 0.2) is 5.82 Å². The van der Waals surface area contributed by atoms with Gasteiger partial charge in [0.25, 0.3) is 10.0 Å². The number of hydrogen-bond donors (Lipinski definition) is 1. The lowest BCUT2D eigenvalue weighted by Crippen LogP contribution is -2.14. The Hall–Kier alpha value is -3.38. The summed E-state index contributed by atoms with van der Waals surface area (Å²) >= 11 is 0. The van der Waals surface area contributed by atoms with Crippen LogP contribution in [0.4, 0.5) is 5.82 Å². The van der Waals surface area contributed by atoms with Crippen LogP contribution in [0.1, 0.15) is 11.1 Å². The summed E-state index contributed by atoms with van der Waals surface area (Å²) in [6.07, 6.45) is 1.88. The van der Waals surface area contributed by atoms with Crippen LogP contribution < -0.4 is 4.72 Å². The second kappa shape index (κ2) is 7.93. The summed E-state index contributed by atoms with van der Waals surface area (Å²) in [6, 6.07) is 26.2. The highest BCUT2D eigenvalue weighted by Gasteiger charge is 2.19. The van der Waals surface area contributed by atoms with Crippen LogP contribution >= 0.6 is 0 Å². The Morgan fingerprint density at radius 3 is 2.14 bits per heavy atom. The first-order valence-corrected chi connectivity index (χ1v) is 10.8. The molecule has 4 rings (SSSR count). The Bertz CT molecular complexity index is 1200. The number of rotatable bonds is 6. The van der Waals surface area contributed by atoms with Crippen molar-refractivity contribution in [3.05, 3.63) is 102 Å². The molecule has 5 nitrogen and oxygen atoms in total. The molecule has 1 N–H and O–H groups in total. The van der Waals surface area contributed by atoms with Gasteiger partial charge in [0.05, 0.1) is 11.4 Å². The molecule has 0 radical (unpaired) electrons. The molecule has 1 heterocycles. The molecule has 0 bridgehead atoms. The fourth-order valence-electron chi connectivity index (χ4n) is 3.08. The molecule has 0 saturated carbocycles. The van der Waals surface area contributed by atoms with Crippen molar-refractivity contribution in [2.45, 2.75) is 18.4 Å². The van der Waals surface area contributed by atoms with E-state index in [1.807, 2.05) is 67.7 Å². The van der Waals surface area contributed by atoms with E-state index in [1.54, 1.807) is 35.0 Å². The molecule has 146 valence electrons. The molecule has 0 amide bonds. The molecule has 3 aromatic carbocycles. The first-order valence-electron chi connectivity index (χ1n) is 9.27. The van der Waals surface area contributed by atoms with Gasteiger partial charge in [-0.05, 0) is 30.2 Å². The van der Waals surface area contributed by atoms with E-state index >= 15 is 0 Å². The molecule has 0 atom stereocenters. The van der Waals surface area contributed by atoms with Crippen LogP contribution in [0.2, 0.25) is 0 Å². The molecule has 0 aliphatic carbocycles. The third-order valence-electron chi connectivity index (χ3n) is 4.60. The van der Waals surface area contributed by atoms with E-state index in [0.29, 0.717) is 12.4 Å². The van der Waals surface area contributed by atoms with Crippen molar-refractivity contribution >= 4 is 15.8 Å². The number of benzene rings is 3. The van der Waals surface area contributed by atoms with Crippen molar-refractivity contribution in [2.24, 2.45) is 0 Å². The van der Waals surface area contributed by atoms with Crippen LogP contribution in [0, 0.1) is 6.92 Å². The van der Waals surface area contributed by atoms with Crippen molar-refractivity contribution < 1.29 is 8.42 Å². The molecule has 0 aliphatic rings. The van der Waals surface area contributed by atoms with Crippen LogP contribution in [0.5, 0.6) is 0 Å². The fraction of sp³-hybridized carbons (Fsp3) is 0.0870. The monoisotopic (exact) mass is 403 g/mol. The fourth-order valence-corrected chi connectivity index (χ4v) is 4.12. The van der Waals surface area contributed by atoms with E-state index in [4.69, 9.17) is 0 Å². The topological polar surface area (TPSA) is 64.0 Å². The van der Waals surface area contributed by atoms with Gasteiger partial charge in [0.2, 0.25) is 0 Å². The molecule has 29 heavy (non-hydrogen) atoms. The summed E-state index contributed by atoms with van der Waals surface area (Å²) in [5.74, 6) is 0.314. The Kier molecular flexibility index (Phi) is 5.18. The van der Waals surface area contributed by atoms with Gasteiger partial charge in [0, 0.05) is 11.8 Å². The van der Waals surface area contributed by atoms with E-state index in [2.05, 4.69) is 9.82 Å². The predicted octanol–water partition coefficient (Wildman–Crippen LogP) is 4.71. The minimum Gasteiger partial charge on any atom is -0.266 e. The lowest BCUT2D eigenvalue weighted by molar-refractivity contribution is 0.600. The third kappa shape index (κ3) is 4.38. The molecule has 1 aromatic heterocycles. The van der Waals surface area contributed by atoms with Gasteiger partial charge in [-0.2, -0.15) is 5.10 Å². The van der Waals surface area contributed by atoms with Gasteiger partial charge in [-0.15, -0.1) is 0 Å². The van der Waals surface area contributed by atoms with Crippen molar-refractivity contribution in [1.29, 1.82) is 0 Å². The highest BCUT2D eigenvalue weighted by molar-refractivity contribution is 7.92. The minimum atomic E-state index is -3.74. The van der Waals surface area contributed by atoms with E-state index < -0.39 is 10.0 Å². The van der Waals surface area contributed by atoms with E-state index in [-0.39, 0.29) is 4.90 Å². The Labute approximate surface area is 170 Å². The zero-order valence-corrected chi connectivity index (χ0v) is 16.8. The molecule has 0 unspecified atom stereocenters. The van der Waals surface area contributed by atoms with Gasteiger partial charge >= 0.3 is 0 Å². The predicted molar refractivity (Wildman–Crippen MR) is 115 cm³/mol. The molecular formula is C23H21N3O2S. The number of nitrogens with zero attached hydrogens (tertiary/aromatic N) is 2. The van der Waals surface area contributed by atoms with Gasteiger partial charge in [-0.25, -0.2) is 8.42 Å². The lowest BCUT2D eigenvalue weighted by atomic mass is 10.1. The van der Waals surface area contributed by atoms with Gasteiger partial charge < -0.3 is 0 Å². The Morgan fingerprint density at radius 2 is 1.48 bits per heavy atom. The van der Waals surface area contributed by atoms with Crippen molar-refractivity contribution in [3.63, 3.8) is 0 Å². The van der Waals surface area contributed by atoms with Gasteiger partial charge in [-0.1, -0.05) is 78.4 Å². The summed E-state index contributed by atoms with van der Waals surface area (Å²) < 4.78 is 30.1. The average molecular weight is 404 g/mol. The second-order valence-electron chi connectivity index (χ2n) is 6.86. The average Bonchev–Trinajstić information content (AvgIpc) is 3.11. The van der Waals surface area contributed by atoms with Crippen LogP contribution in [0.15, 0.2) is 96.0 Å². The number of hydrogen-bond acceptors (Lipinski definition) is 3. The van der Waals surface area contributed by atoms with Gasteiger partial charge in [0.1, 0.15) is 0 Å². The summed E-state index contributed by atoms with van der Waals surface area (Å²) in [5, 5.41) is 4.54. The molecule has 4 aromatic rings. The molecule has 0 saturated heterocycles. The Balaban J connectivity index is 1.73. The smallest absolute Gasteiger partial charge is 0.263 e. The van der Waals surface area contributed by atoms with Gasteiger partial charge in [-0.3, -0.25) is 9.40 Å². The van der Waals surface area contributed by atoms with Crippen molar-refractivity contribution in [2.75, 3.05) is 4.72 Å². The molecular weight excluding hydrogens is 382 g/mol. The SMILES string of the molecule is Cc1ccc(-c2cn(Cc3ccccc3)nc2NS(=O)(=O)c2ccccc2)cc1. The van der Waals surface area contributed by atoms with Crippen LogP contribution in [-0.2, 0) is 16.6 Å². The normalized spacial score (nSPS) is 11.3. The molecule has 6 heteroatoms. The molecule has 0 aliphatic heterocycles. The maximum absolute atomic E-state index is 12.8. The number of sulfonamides is 1. The maximum atomic E-state index is 12.8. The minimum absolute atomic E-state index is 0.201. The number of aryl methyl sites for hydroxylation is 1. The van der Waals surface area contributed by atoms with E-state index in [1.165, 1.54) is 0 Å². The summed E-state index contributed by atoms with van der Waals surface area (Å²) in [6.45, 7) is 2.56. The van der Waals surface area contributed by atoms with Crippen LogP contribution in [0.3, 0.4) is 0 Å². The summed E-state index contributed by atoms with van der Waals surface area (Å²) in [7, 11) is -3.74. The Morgan fingerprint density at radius 1 is 0.862 bits per heavy atom. The maximum Gasteiger partial charge on any atom is 0.263 e. The van der Waals surface area contributed by atoms with E-state index in [0.717, 1.165) is 22.3 Å². The number of anilines is 1. The van der Waals surface area contributed by atoms with Crippen molar-refractivity contribution in [3.8, 4) is 11.1 Å². The van der Waals surface area contributed by atoms with Crippen LogP contribution in [0.25, 0.3) is 11.1 Å². The molecule has 0 fully saturated rings. The zero-order chi connectivity index (χ0) is 20.3. The van der Waals surface area contributed by atoms with E-state index in [9.17, 15) is 8.42 Å². The first kappa shape index (κ1) is 19.0. The highest BCUT2D eigenvalue weighted by atomic mass is 32.2.